The first-order valence-corrected chi connectivity index (χ1v) is 6.50. The molecule has 0 bridgehead atoms. The SMILES string of the molecule is C=CCc1ccccc1.CCc1ccccc1.CO. The number of hydrogen-bond acceptors (Lipinski definition) is 1. The molecular formula is C18H24O. The molecular weight excluding hydrogens is 232 g/mol. The van der Waals surface area contributed by atoms with E-state index in [9.17, 15) is 0 Å². The van der Waals surface area contributed by atoms with Gasteiger partial charge in [-0.1, -0.05) is 73.7 Å². The van der Waals surface area contributed by atoms with Crippen LogP contribution in [-0.4, -0.2) is 12.2 Å². The molecule has 0 heterocycles. The van der Waals surface area contributed by atoms with E-state index < -0.39 is 0 Å². The molecule has 0 saturated carbocycles. The second-order valence-electron chi connectivity index (χ2n) is 3.82. The van der Waals surface area contributed by atoms with Crippen molar-refractivity contribution < 1.29 is 5.11 Å². The molecule has 0 saturated heterocycles. The van der Waals surface area contributed by atoms with Crippen molar-refractivity contribution >= 4 is 0 Å². The van der Waals surface area contributed by atoms with Crippen LogP contribution in [0.1, 0.15) is 18.1 Å². The van der Waals surface area contributed by atoms with Crippen LogP contribution in [0.5, 0.6) is 0 Å². The van der Waals surface area contributed by atoms with E-state index in [1.54, 1.807) is 0 Å². The Balaban J connectivity index is 0.000000303. The van der Waals surface area contributed by atoms with Gasteiger partial charge in [-0.25, -0.2) is 0 Å². The number of benzene rings is 2. The zero-order valence-electron chi connectivity index (χ0n) is 11.9. The highest BCUT2D eigenvalue weighted by Gasteiger charge is 1.82. The van der Waals surface area contributed by atoms with Gasteiger partial charge in [0.1, 0.15) is 0 Å². The first-order valence-electron chi connectivity index (χ1n) is 6.50. The number of hydrogen-bond donors (Lipinski definition) is 1. The van der Waals surface area contributed by atoms with Crippen molar-refractivity contribution in [3.05, 3.63) is 84.4 Å². The summed E-state index contributed by atoms with van der Waals surface area (Å²) in [5.41, 5.74) is 2.74. The van der Waals surface area contributed by atoms with E-state index >= 15 is 0 Å². The lowest BCUT2D eigenvalue weighted by Gasteiger charge is -1.91. The van der Waals surface area contributed by atoms with Gasteiger partial charge in [0, 0.05) is 7.11 Å². The lowest BCUT2D eigenvalue weighted by atomic mass is 10.2. The summed E-state index contributed by atoms with van der Waals surface area (Å²) in [6.45, 7) is 5.82. The maximum Gasteiger partial charge on any atom is 0.0319 e. The Hall–Kier alpha value is -1.86. The van der Waals surface area contributed by atoms with E-state index in [4.69, 9.17) is 5.11 Å². The normalized spacial score (nSPS) is 8.37. The van der Waals surface area contributed by atoms with Crippen molar-refractivity contribution in [3.8, 4) is 0 Å². The van der Waals surface area contributed by atoms with E-state index in [-0.39, 0.29) is 0 Å². The van der Waals surface area contributed by atoms with E-state index in [1.165, 1.54) is 11.1 Å². The second kappa shape index (κ2) is 12.6. The molecule has 102 valence electrons. The lowest BCUT2D eigenvalue weighted by Crippen LogP contribution is -1.75. The third-order valence-electron chi connectivity index (χ3n) is 2.47. The van der Waals surface area contributed by atoms with Gasteiger partial charge in [0.15, 0.2) is 0 Å². The van der Waals surface area contributed by atoms with Gasteiger partial charge in [0.25, 0.3) is 0 Å². The van der Waals surface area contributed by atoms with Crippen LogP contribution in [0.3, 0.4) is 0 Å². The van der Waals surface area contributed by atoms with E-state index in [2.05, 4.69) is 49.9 Å². The van der Waals surface area contributed by atoms with Crippen LogP contribution in [0, 0.1) is 0 Å². The van der Waals surface area contributed by atoms with Crippen LogP contribution in [0.4, 0.5) is 0 Å². The summed E-state index contributed by atoms with van der Waals surface area (Å²) in [4.78, 5) is 0. The van der Waals surface area contributed by atoms with Crippen molar-refractivity contribution in [2.45, 2.75) is 19.8 Å². The fourth-order valence-electron chi connectivity index (χ4n) is 1.49. The summed E-state index contributed by atoms with van der Waals surface area (Å²) in [7, 11) is 1.00. The molecule has 2 aromatic carbocycles. The number of aliphatic hydroxyl groups is 1. The Morgan fingerprint density at radius 2 is 1.26 bits per heavy atom. The molecule has 0 aliphatic carbocycles. The number of aryl methyl sites for hydroxylation is 1. The molecule has 0 amide bonds. The molecule has 0 aliphatic rings. The average Bonchev–Trinajstić information content (AvgIpc) is 2.52. The lowest BCUT2D eigenvalue weighted by molar-refractivity contribution is 0.399. The Morgan fingerprint density at radius 3 is 1.58 bits per heavy atom. The molecule has 0 atom stereocenters. The predicted octanol–water partition coefficient (Wildman–Crippen LogP) is 4.27. The van der Waals surface area contributed by atoms with Crippen molar-refractivity contribution in [1.29, 1.82) is 0 Å². The van der Waals surface area contributed by atoms with Gasteiger partial charge in [0.05, 0.1) is 0 Å². The topological polar surface area (TPSA) is 20.2 Å². The van der Waals surface area contributed by atoms with Gasteiger partial charge in [0.2, 0.25) is 0 Å². The third kappa shape index (κ3) is 8.81. The molecule has 0 aliphatic heterocycles. The Labute approximate surface area is 117 Å². The molecule has 0 aromatic heterocycles. The van der Waals surface area contributed by atoms with Gasteiger partial charge in [-0.15, -0.1) is 6.58 Å². The van der Waals surface area contributed by atoms with Crippen LogP contribution in [0.15, 0.2) is 73.3 Å². The summed E-state index contributed by atoms with van der Waals surface area (Å²) >= 11 is 0. The first-order chi connectivity index (χ1) is 9.36. The first kappa shape index (κ1) is 17.1. The fraction of sp³-hybridized carbons (Fsp3) is 0.222. The third-order valence-corrected chi connectivity index (χ3v) is 2.47. The molecule has 1 nitrogen and oxygen atoms in total. The van der Waals surface area contributed by atoms with Crippen molar-refractivity contribution in [2.75, 3.05) is 7.11 Å². The summed E-state index contributed by atoms with van der Waals surface area (Å²) in [6.07, 6.45) is 4.02. The van der Waals surface area contributed by atoms with Crippen LogP contribution in [-0.2, 0) is 12.8 Å². The minimum absolute atomic E-state index is 0.973. The maximum absolute atomic E-state index is 7.00. The molecule has 0 radical (unpaired) electrons. The quantitative estimate of drug-likeness (QED) is 0.813. The Bertz CT molecular complexity index is 406. The highest BCUT2D eigenvalue weighted by atomic mass is 16.2. The average molecular weight is 256 g/mol. The minimum atomic E-state index is 0.973. The summed E-state index contributed by atoms with van der Waals surface area (Å²) in [5, 5.41) is 7.00. The molecule has 0 unspecified atom stereocenters. The monoisotopic (exact) mass is 256 g/mol. The van der Waals surface area contributed by atoms with Gasteiger partial charge in [-0.2, -0.15) is 0 Å². The van der Waals surface area contributed by atoms with Crippen LogP contribution < -0.4 is 0 Å². The standard InChI is InChI=1S/C9H10.C8H10.CH4O/c1-2-6-9-7-4-3-5-8-9;1-2-8-6-4-3-5-7-8;1-2/h2-5,7-8H,1,6H2;3-7H,2H2,1H3;2H,1H3. The highest BCUT2D eigenvalue weighted by molar-refractivity contribution is 5.16. The zero-order valence-corrected chi connectivity index (χ0v) is 11.9. The molecule has 1 N–H and O–H groups in total. The summed E-state index contributed by atoms with van der Waals surface area (Å²) in [6, 6.07) is 20.8. The van der Waals surface area contributed by atoms with E-state index in [0.29, 0.717) is 0 Å². The Kier molecular flexibility index (Phi) is 11.4. The van der Waals surface area contributed by atoms with Crippen LogP contribution >= 0.6 is 0 Å². The summed E-state index contributed by atoms with van der Waals surface area (Å²) in [5.74, 6) is 0. The van der Waals surface area contributed by atoms with Gasteiger partial charge < -0.3 is 5.11 Å². The van der Waals surface area contributed by atoms with Crippen molar-refractivity contribution in [1.82, 2.24) is 0 Å². The van der Waals surface area contributed by atoms with E-state index in [0.717, 1.165) is 20.0 Å². The molecule has 19 heavy (non-hydrogen) atoms. The van der Waals surface area contributed by atoms with Gasteiger partial charge in [-0.3, -0.25) is 0 Å². The molecule has 2 rings (SSSR count). The molecule has 2 aromatic rings. The number of aliphatic hydroxyl groups excluding tert-OH is 1. The molecule has 1 heteroatoms. The maximum atomic E-state index is 7.00. The highest BCUT2D eigenvalue weighted by Crippen LogP contribution is 1.98. The van der Waals surface area contributed by atoms with Crippen LogP contribution in [0.25, 0.3) is 0 Å². The van der Waals surface area contributed by atoms with Gasteiger partial charge in [-0.05, 0) is 24.0 Å². The van der Waals surface area contributed by atoms with Crippen molar-refractivity contribution in [2.24, 2.45) is 0 Å². The second-order valence-corrected chi connectivity index (χ2v) is 3.82. The minimum Gasteiger partial charge on any atom is -0.400 e. The molecule has 0 fully saturated rings. The summed E-state index contributed by atoms with van der Waals surface area (Å²) < 4.78 is 0. The largest absolute Gasteiger partial charge is 0.400 e. The predicted molar refractivity (Wildman–Crippen MR) is 84.3 cm³/mol. The van der Waals surface area contributed by atoms with Crippen molar-refractivity contribution in [3.63, 3.8) is 0 Å². The van der Waals surface area contributed by atoms with Gasteiger partial charge >= 0.3 is 0 Å². The van der Waals surface area contributed by atoms with Crippen LogP contribution in [0.2, 0.25) is 0 Å². The smallest absolute Gasteiger partial charge is 0.0319 e. The number of allylic oxidation sites excluding steroid dienone is 1. The zero-order chi connectivity index (χ0) is 14.3. The molecule has 0 spiro atoms. The fourth-order valence-corrected chi connectivity index (χ4v) is 1.49. The number of rotatable bonds is 3. The van der Waals surface area contributed by atoms with E-state index in [1.807, 2.05) is 30.3 Å². The Morgan fingerprint density at radius 1 is 0.842 bits per heavy atom.